The third-order valence-electron chi connectivity index (χ3n) is 4.55. The van der Waals surface area contributed by atoms with Crippen molar-refractivity contribution >= 4 is 11.3 Å². The van der Waals surface area contributed by atoms with E-state index in [1.165, 1.54) is 16.1 Å². The smallest absolute Gasteiger partial charge is 0.0957 e. The van der Waals surface area contributed by atoms with E-state index < -0.39 is 0 Å². The molecular formula is C15H18N2O2S. The van der Waals surface area contributed by atoms with Gasteiger partial charge in [0.15, 0.2) is 0 Å². The molecule has 0 bridgehead atoms. The molecule has 0 saturated carbocycles. The Morgan fingerprint density at radius 3 is 3.15 bits per heavy atom. The van der Waals surface area contributed by atoms with Crippen LogP contribution in [-0.4, -0.2) is 34.0 Å². The summed E-state index contributed by atoms with van der Waals surface area (Å²) in [4.78, 5) is 5.63. The number of ether oxygens (including phenoxy) is 1. The Hall–Kier alpha value is -1.17. The van der Waals surface area contributed by atoms with Gasteiger partial charge in [-0.3, -0.25) is 0 Å². The van der Waals surface area contributed by atoms with Gasteiger partial charge in [0.25, 0.3) is 0 Å². The van der Waals surface area contributed by atoms with Crippen LogP contribution in [0.15, 0.2) is 24.0 Å². The van der Waals surface area contributed by atoms with Gasteiger partial charge in [0.05, 0.1) is 30.4 Å². The Morgan fingerprint density at radius 2 is 2.30 bits per heavy atom. The summed E-state index contributed by atoms with van der Waals surface area (Å²) in [5.41, 5.74) is 2.47. The molecule has 0 aliphatic carbocycles. The van der Waals surface area contributed by atoms with Gasteiger partial charge in [0, 0.05) is 23.7 Å². The molecule has 2 aliphatic heterocycles. The van der Waals surface area contributed by atoms with E-state index in [9.17, 15) is 5.11 Å². The minimum atomic E-state index is -0.257. The first kappa shape index (κ1) is 12.6. The maximum absolute atomic E-state index is 10.6. The molecule has 5 heteroatoms. The Labute approximate surface area is 122 Å². The third-order valence-corrected chi connectivity index (χ3v) is 5.57. The van der Waals surface area contributed by atoms with Crippen LogP contribution in [0.3, 0.4) is 0 Å². The van der Waals surface area contributed by atoms with E-state index >= 15 is 0 Å². The van der Waals surface area contributed by atoms with Crippen molar-refractivity contribution in [3.63, 3.8) is 0 Å². The highest BCUT2D eigenvalue weighted by atomic mass is 32.1. The molecule has 2 aromatic heterocycles. The molecule has 0 aromatic carbocycles. The van der Waals surface area contributed by atoms with Crippen LogP contribution in [0.2, 0.25) is 0 Å². The Balaban J connectivity index is 1.57. The van der Waals surface area contributed by atoms with Gasteiger partial charge in [0.1, 0.15) is 0 Å². The maximum atomic E-state index is 10.6. The molecular weight excluding hydrogens is 272 g/mol. The number of nitrogens with zero attached hydrogens (tertiary/aromatic N) is 2. The highest BCUT2D eigenvalue weighted by molar-refractivity contribution is 7.10. The normalized spacial score (nSPS) is 23.6. The van der Waals surface area contributed by atoms with Crippen molar-refractivity contribution < 1.29 is 9.84 Å². The van der Waals surface area contributed by atoms with Crippen LogP contribution in [0, 0.1) is 5.92 Å². The van der Waals surface area contributed by atoms with Crippen LogP contribution in [-0.2, 0) is 4.74 Å². The van der Waals surface area contributed by atoms with Crippen LogP contribution >= 0.6 is 11.3 Å². The number of aromatic nitrogens is 2. The average molecular weight is 290 g/mol. The first-order chi connectivity index (χ1) is 9.84. The SMILES string of the molecule is OC(C[C@H]1c2sccc2-c2cncn21)C1CCOCC1. The van der Waals surface area contributed by atoms with Crippen LogP contribution in [0.1, 0.15) is 30.2 Å². The van der Waals surface area contributed by atoms with Gasteiger partial charge in [0.2, 0.25) is 0 Å². The van der Waals surface area contributed by atoms with E-state index in [0.717, 1.165) is 32.5 Å². The monoisotopic (exact) mass is 290 g/mol. The van der Waals surface area contributed by atoms with Gasteiger partial charge in [-0.2, -0.15) is 0 Å². The Kier molecular flexibility index (Phi) is 3.13. The van der Waals surface area contributed by atoms with Crippen molar-refractivity contribution in [3.8, 4) is 11.3 Å². The highest BCUT2D eigenvalue weighted by Crippen LogP contribution is 2.45. The molecule has 2 aromatic rings. The molecule has 4 heterocycles. The minimum absolute atomic E-state index is 0.250. The summed E-state index contributed by atoms with van der Waals surface area (Å²) in [6.45, 7) is 1.57. The lowest BCUT2D eigenvalue weighted by Crippen LogP contribution is -2.29. The lowest BCUT2D eigenvalue weighted by molar-refractivity contribution is 0.00163. The van der Waals surface area contributed by atoms with E-state index in [2.05, 4.69) is 21.0 Å². The summed E-state index contributed by atoms with van der Waals surface area (Å²) in [7, 11) is 0. The zero-order valence-corrected chi connectivity index (χ0v) is 12.1. The van der Waals surface area contributed by atoms with Gasteiger partial charge in [-0.1, -0.05) is 0 Å². The predicted octanol–water partition coefficient (Wildman–Crippen LogP) is 2.69. The molecule has 1 saturated heterocycles. The Bertz CT molecular complexity index is 560. The van der Waals surface area contributed by atoms with E-state index in [4.69, 9.17) is 4.74 Å². The minimum Gasteiger partial charge on any atom is -0.393 e. The standard InChI is InChI=1S/C15H18N2O2S/c18-14(10-1-4-19-5-2-10)7-12-15-11(3-6-20-15)13-8-16-9-17(12)13/h3,6,8-10,12,14,18H,1-2,4-5,7H2/t12-,14?/m0/s1. The fourth-order valence-corrected chi connectivity index (χ4v) is 4.44. The van der Waals surface area contributed by atoms with Gasteiger partial charge < -0.3 is 14.4 Å². The fraction of sp³-hybridized carbons (Fsp3) is 0.533. The van der Waals surface area contributed by atoms with Crippen LogP contribution in [0.25, 0.3) is 11.3 Å². The first-order valence-electron chi connectivity index (χ1n) is 7.20. The van der Waals surface area contributed by atoms with Crippen molar-refractivity contribution in [1.82, 2.24) is 9.55 Å². The maximum Gasteiger partial charge on any atom is 0.0957 e. The molecule has 106 valence electrons. The second-order valence-electron chi connectivity index (χ2n) is 5.65. The lowest BCUT2D eigenvalue weighted by atomic mass is 9.89. The van der Waals surface area contributed by atoms with E-state index in [0.29, 0.717) is 5.92 Å². The molecule has 2 aliphatic rings. The number of fused-ring (bicyclic) bond motifs is 3. The zero-order chi connectivity index (χ0) is 13.5. The number of thiophene rings is 1. The summed E-state index contributed by atoms with van der Waals surface area (Å²) in [6, 6.07) is 2.41. The van der Waals surface area contributed by atoms with Crippen molar-refractivity contribution in [1.29, 1.82) is 0 Å². The molecule has 0 amide bonds. The summed E-state index contributed by atoms with van der Waals surface area (Å²) < 4.78 is 7.60. The molecule has 1 N–H and O–H groups in total. The molecule has 2 atom stereocenters. The number of rotatable bonds is 3. The largest absolute Gasteiger partial charge is 0.393 e. The van der Waals surface area contributed by atoms with E-state index in [1.807, 2.05) is 12.5 Å². The number of hydrogen-bond acceptors (Lipinski definition) is 4. The number of aliphatic hydroxyl groups is 1. The molecule has 1 fully saturated rings. The fourth-order valence-electron chi connectivity index (χ4n) is 3.42. The molecule has 4 nitrogen and oxygen atoms in total. The number of aliphatic hydroxyl groups excluding tert-OH is 1. The molecule has 0 spiro atoms. The summed E-state index contributed by atoms with van der Waals surface area (Å²) >= 11 is 1.79. The molecule has 0 radical (unpaired) electrons. The van der Waals surface area contributed by atoms with Crippen molar-refractivity contribution in [2.75, 3.05) is 13.2 Å². The predicted molar refractivity (Wildman–Crippen MR) is 77.8 cm³/mol. The second kappa shape index (κ2) is 4.98. The summed E-state index contributed by atoms with van der Waals surface area (Å²) in [6.07, 6.45) is 6.29. The van der Waals surface area contributed by atoms with Crippen molar-refractivity contribution in [3.05, 3.63) is 28.8 Å². The molecule has 1 unspecified atom stereocenters. The van der Waals surface area contributed by atoms with Crippen molar-refractivity contribution in [2.24, 2.45) is 5.92 Å². The lowest BCUT2D eigenvalue weighted by Gasteiger charge is -2.28. The quantitative estimate of drug-likeness (QED) is 0.945. The van der Waals surface area contributed by atoms with Crippen molar-refractivity contribution in [2.45, 2.75) is 31.4 Å². The number of imidazole rings is 1. The summed E-state index contributed by atoms with van der Waals surface area (Å²) in [5.74, 6) is 0.375. The second-order valence-corrected chi connectivity index (χ2v) is 6.60. The van der Waals surface area contributed by atoms with Crippen LogP contribution in [0.5, 0.6) is 0 Å². The first-order valence-corrected chi connectivity index (χ1v) is 8.08. The van der Waals surface area contributed by atoms with Gasteiger partial charge in [-0.15, -0.1) is 11.3 Å². The molecule has 20 heavy (non-hydrogen) atoms. The third kappa shape index (κ3) is 1.92. The van der Waals surface area contributed by atoms with Gasteiger partial charge >= 0.3 is 0 Å². The van der Waals surface area contributed by atoms with Crippen LogP contribution < -0.4 is 0 Å². The number of hydrogen-bond donors (Lipinski definition) is 1. The Morgan fingerprint density at radius 1 is 1.45 bits per heavy atom. The highest BCUT2D eigenvalue weighted by Gasteiger charge is 2.33. The van der Waals surface area contributed by atoms with Gasteiger partial charge in [-0.25, -0.2) is 4.98 Å². The summed E-state index contributed by atoms with van der Waals surface area (Å²) in [5, 5.41) is 12.7. The van der Waals surface area contributed by atoms with Gasteiger partial charge in [-0.05, 0) is 36.6 Å². The molecule has 4 rings (SSSR count). The van der Waals surface area contributed by atoms with E-state index in [-0.39, 0.29) is 12.1 Å². The topological polar surface area (TPSA) is 47.3 Å². The average Bonchev–Trinajstić information content (AvgIpc) is 3.16. The zero-order valence-electron chi connectivity index (χ0n) is 11.2. The van der Waals surface area contributed by atoms with Crippen LogP contribution in [0.4, 0.5) is 0 Å². The van der Waals surface area contributed by atoms with E-state index in [1.54, 1.807) is 11.3 Å².